The monoisotopic (exact) mass is 503 g/mol. The zero-order valence-corrected chi connectivity index (χ0v) is 21.0. The number of nitrogens with two attached hydrogens (primary N) is 1. The van der Waals surface area contributed by atoms with Crippen LogP contribution in [-0.2, 0) is 6.54 Å². The molecule has 0 amide bonds. The van der Waals surface area contributed by atoms with Crippen LogP contribution in [0, 0.1) is 11.8 Å². The van der Waals surface area contributed by atoms with Gasteiger partial charge in [0, 0.05) is 54.9 Å². The molecule has 3 N–H and O–H groups in total. The predicted molar refractivity (Wildman–Crippen MR) is 141 cm³/mol. The van der Waals surface area contributed by atoms with Gasteiger partial charge in [-0.1, -0.05) is 23.6 Å². The van der Waals surface area contributed by atoms with Crippen LogP contribution in [0.2, 0.25) is 5.15 Å². The first-order chi connectivity index (χ1) is 17.5. The highest BCUT2D eigenvalue weighted by Gasteiger charge is 2.10. The Balaban J connectivity index is 1.50. The fraction of sp³-hybridized carbons (Fsp3) is 0.231. The minimum Gasteiger partial charge on any atom is -0.495 e. The molecule has 9 nitrogen and oxygen atoms in total. The Labute approximate surface area is 214 Å². The van der Waals surface area contributed by atoms with Gasteiger partial charge in [-0.25, -0.2) is 19.9 Å². The van der Waals surface area contributed by atoms with Crippen molar-refractivity contribution in [2.75, 3.05) is 45.4 Å². The molecular weight excluding hydrogens is 478 g/mol. The van der Waals surface area contributed by atoms with Gasteiger partial charge in [-0.15, -0.1) is 0 Å². The number of hydrogen-bond acceptors (Lipinski definition) is 9. The average Bonchev–Trinajstić information content (AvgIpc) is 2.87. The molecule has 0 saturated heterocycles. The number of rotatable bonds is 8. The normalized spacial score (nSPS) is 10.7. The van der Waals surface area contributed by atoms with Gasteiger partial charge in [0.2, 0.25) is 5.88 Å². The van der Waals surface area contributed by atoms with Crippen LogP contribution < -0.4 is 20.5 Å². The molecule has 0 spiro atoms. The van der Waals surface area contributed by atoms with Crippen molar-refractivity contribution in [3.8, 4) is 23.5 Å². The Kier molecular flexibility index (Phi) is 8.00. The number of halogens is 1. The molecule has 0 aliphatic carbocycles. The number of methoxy groups -OCH3 is 1. The third-order valence-electron chi connectivity index (χ3n) is 5.38. The molecule has 0 aliphatic rings. The van der Waals surface area contributed by atoms with Gasteiger partial charge in [0.1, 0.15) is 34.8 Å². The molecule has 0 unspecified atom stereocenters. The van der Waals surface area contributed by atoms with Gasteiger partial charge >= 0.3 is 0 Å². The van der Waals surface area contributed by atoms with Crippen molar-refractivity contribution >= 4 is 34.0 Å². The van der Waals surface area contributed by atoms with E-state index in [1.807, 2.05) is 20.2 Å². The van der Waals surface area contributed by atoms with E-state index in [0.717, 1.165) is 21.9 Å². The van der Waals surface area contributed by atoms with E-state index >= 15 is 0 Å². The highest BCUT2D eigenvalue weighted by molar-refractivity contribution is 6.29. The van der Waals surface area contributed by atoms with Crippen LogP contribution in [0.3, 0.4) is 0 Å². The van der Waals surface area contributed by atoms with Crippen LogP contribution in [0.1, 0.15) is 16.8 Å². The van der Waals surface area contributed by atoms with E-state index < -0.39 is 0 Å². The van der Waals surface area contributed by atoms with Gasteiger partial charge < -0.3 is 20.5 Å². The van der Waals surface area contributed by atoms with Crippen molar-refractivity contribution in [3.05, 3.63) is 70.9 Å². The molecule has 4 heterocycles. The second kappa shape index (κ2) is 11.5. The fourth-order valence-corrected chi connectivity index (χ4v) is 3.74. The zero-order valence-electron chi connectivity index (χ0n) is 20.2. The van der Waals surface area contributed by atoms with Gasteiger partial charge in [0.15, 0.2) is 0 Å². The van der Waals surface area contributed by atoms with Gasteiger partial charge in [-0.3, -0.25) is 4.90 Å². The smallest absolute Gasteiger partial charge is 0.214 e. The molecule has 0 fully saturated rings. The standard InChI is InChI=1S/C26H26ClN7O2/c1-29-26-21-14-31-24(28)12-20(21)17(13-32-26)7-8-19-11-18(22(35-3)15-30-19)16-34(2)9-10-36-25-6-4-5-23(27)33-25/h4-6,11-15H,9-10,16H2,1-3H3,(H2,28,31)(H,29,32). The lowest BCUT2D eigenvalue weighted by molar-refractivity contribution is 0.225. The summed E-state index contributed by atoms with van der Waals surface area (Å²) in [6, 6.07) is 9.01. The van der Waals surface area contributed by atoms with E-state index in [9.17, 15) is 0 Å². The number of hydrogen-bond donors (Lipinski definition) is 2. The molecular formula is C26H26ClN7O2. The first-order valence-electron chi connectivity index (χ1n) is 11.2. The average molecular weight is 504 g/mol. The summed E-state index contributed by atoms with van der Waals surface area (Å²) in [6.45, 7) is 1.76. The van der Waals surface area contributed by atoms with E-state index in [2.05, 4.69) is 42.0 Å². The molecule has 4 aromatic rings. The number of likely N-dealkylation sites (N-methyl/N-ethyl adjacent to an activating group) is 1. The Morgan fingerprint density at radius 1 is 1.08 bits per heavy atom. The molecule has 0 aliphatic heterocycles. The van der Waals surface area contributed by atoms with E-state index in [4.69, 9.17) is 26.8 Å². The number of nitrogen functional groups attached to an aromatic ring is 1. The van der Waals surface area contributed by atoms with Crippen molar-refractivity contribution < 1.29 is 9.47 Å². The number of ether oxygens (including phenoxy) is 2. The maximum Gasteiger partial charge on any atom is 0.214 e. The van der Waals surface area contributed by atoms with Crippen LogP contribution in [0.5, 0.6) is 11.6 Å². The maximum absolute atomic E-state index is 5.91. The maximum atomic E-state index is 5.91. The number of nitrogens with zero attached hydrogens (tertiary/aromatic N) is 5. The molecule has 36 heavy (non-hydrogen) atoms. The lowest BCUT2D eigenvalue weighted by Gasteiger charge is -2.18. The molecule has 10 heteroatoms. The number of fused-ring (bicyclic) bond motifs is 1. The summed E-state index contributed by atoms with van der Waals surface area (Å²) in [7, 11) is 5.43. The van der Waals surface area contributed by atoms with Crippen molar-refractivity contribution in [1.82, 2.24) is 24.8 Å². The Bertz CT molecular complexity index is 1440. The van der Waals surface area contributed by atoms with Crippen molar-refractivity contribution in [1.29, 1.82) is 0 Å². The Hall–Kier alpha value is -4.13. The highest BCUT2D eigenvalue weighted by Crippen LogP contribution is 2.25. The first-order valence-corrected chi connectivity index (χ1v) is 11.6. The van der Waals surface area contributed by atoms with Crippen molar-refractivity contribution in [2.45, 2.75) is 6.54 Å². The number of pyridine rings is 4. The molecule has 0 radical (unpaired) electrons. The zero-order chi connectivity index (χ0) is 25.5. The number of nitrogens with one attached hydrogen (secondary N) is 1. The topological polar surface area (TPSA) is 111 Å². The minimum atomic E-state index is 0.401. The first kappa shape index (κ1) is 25.0. The van der Waals surface area contributed by atoms with E-state index in [1.165, 1.54) is 0 Å². The van der Waals surface area contributed by atoms with E-state index in [-0.39, 0.29) is 0 Å². The van der Waals surface area contributed by atoms with Gasteiger partial charge in [-0.05, 0) is 31.2 Å². The third-order valence-corrected chi connectivity index (χ3v) is 5.59. The van der Waals surface area contributed by atoms with Crippen LogP contribution in [-0.4, -0.2) is 59.2 Å². The quantitative estimate of drug-likeness (QED) is 0.275. The van der Waals surface area contributed by atoms with Crippen LogP contribution in [0.4, 0.5) is 11.6 Å². The summed E-state index contributed by atoms with van der Waals surface area (Å²) in [4.78, 5) is 19.3. The molecule has 0 bridgehead atoms. The summed E-state index contributed by atoms with van der Waals surface area (Å²) in [6.07, 6.45) is 5.09. The van der Waals surface area contributed by atoms with Crippen molar-refractivity contribution in [3.63, 3.8) is 0 Å². The summed E-state index contributed by atoms with van der Waals surface area (Å²) in [5.41, 5.74) is 8.23. The summed E-state index contributed by atoms with van der Waals surface area (Å²) in [5, 5.41) is 5.18. The second-order valence-corrected chi connectivity index (χ2v) is 8.33. The predicted octanol–water partition coefficient (Wildman–Crippen LogP) is 3.62. The Morgan fingerprint density at radius 2 is 1.94 bits per heavy atom. The second-order valence-electron chi connectivity index (χ2n) is 7.94. The van der Waals surface area contributed by atoms with Crippen LogP contribution in [0.25, 0.3) is 10.8 Å². The van der Waals surface area contributed by atoms with Crippen LogP contribution >= 0.6 is 11.6 Å². The number of anilines is 2. The minimum absolute atomic E-state index is 0.401. The van der Waals surface area contributed by atoms with E-state index in [0.29, 0.717) is 53.8 Å². The molecule has 0 aromatic carbocycles. The molecule has 0 atom stereocenters. The summed E-state index contributed by atoms with van der Waals surface area (Å²) < 4.78 is 11.2. The van der Waals surface area contributed by atoms with E-state index in [1.54, 1.807) is 50.0 Å². The van der Waals surface area contributed by atoms with Gasteiger partial charge in [0.25, 0.3) is 0 Å². The SMILES string of the molecule is CNc1ncc(C#Cc2cc(CN(C)CCOc3cccc(Cl)n3)c(OC)cn2)c2cc(N)ncc12. The third kappa shape index (κ3) is 6.10. The molecule has 4 aromatic heterocycles. The van der Waals surface area contributed by atoms with Crippen molar-refractivity contribution in [2.24, 2.45) is 0 Å². The van der Waals surface area contributed by atoms with Gasteiger partial charge in [0.05, 0.1) is 18.9 Å². The fourth-order valence-electron chi connectivity index (χ4n) is 3.59. The largest absolute Gasteiger partial charge is 0.495 e. The van der Waals surface area contributed by atoms with Crippen LogP contribution in [0.15, 0.2) is 48.9 Å². The molecule has 184 valence electrons. The summed E-state index contributed by atoms with van der Waals surface area (Å²) >= 11 is 5.91. The molecule has 0 saturated carbocycles. The number of aromatic nitrogens is 4. The molecule has 4 rings (SSSR count). The Morgan fingerprint density at radius 3 is 2.72 bits per heavy atom. The van der Waals surface area contributed by atoms with Gasteiger partial charge in [-0.2, -0.15) is 0 Å². The lowest BCUT2D eigenvalue weighted by atomic mass is 10.1. The summed E-state index contributed by atoms with van der Waals surface area (Å²) in [5.74, 6) is 8.64. The lowest BCUT2D eigenvalue weighted by Crippen LogP contribution is -2.24. The highest BCUT2D eigenvalue weighted by atomic mass is 35.5.